The zero-order chi connectivity index (χ0) is 13.3. The van der Waals surface area contributed by atoms with E-state index in [0.717, 1.165) is 16.1 Å². The summed E-state index contributed by atoms with van der Waals surface area (Å²) in [4.78, 5) is 11.4. The van der Waals surface area contributed by atoms with Crippen molar-refractivity contribution in [1.82, 2.24) is 5.01 Å². The Kier molecular flexibility index (Phi) is 3.11. The number of hydrazone groups is 1. The van der Waals surface area contributed by atoms with E-state index >= 15 is 0 Å². The van der Waals surface area contributed by atoms with Crippen LogP contribution in [0.15, 0.2) is 29.4 Å². The van der Waals surface area contributed by atoms with E-state index < -0.39 is 24.2 Å². The first-order valence-electron chi connectivity index (χ1n) is 5.37. The van der Waals surface area contributed by atoms with Gasteiger partial charge in [0.05, 0.1) is 13.0 Å². The first-order chi connectivity index (χ1) is 8.36. The van der Waals surface area contributed by atoms with Crippen LogP contribution in [0, 0.1) is 6.92 Å². The molecule has 0 spiro atoms. The maximum atomic E-state index is 12.4. The largest absolute Gasteiger partial charge is 0.431 e. The Hall–Kier alpha value is -1.85. The number of hydrogen-bond acceptors (Lipinski definition) is 2. The van der Waals surface area contributed by atoms with Crippen LogP contribution < -0.4 is 0 Å². The zero-order valence-corrected chi connectivity index (χ0v) is 9.66. The van der Waals surface area contributed by atoms with E-state index in [1.165, 1.54) is 0 Å². The molecule has 18 heavy (non-hydrogen) atoms. The third-order valence-electron chi connectivity index (χ3n) is 2.63. The molecule has 0 saturated carbocycles. The summed E-state index contributed by atoms with van der Waals surface area (Å²) in [7, 11) is 0. The second-order valence-corrected chi connectivity index (χ2v) is 4.16. The summed E-state index contributed by atoms with van der Waals surface area (Å²) in [6, 6.07) is 7.21. The number of benzene rings is 1. The molecule has 0 radical (unpaired) electrons. The van der Waals surface area contributed by atoms with Gasteiger partial charge in [-0.3, -0.25) is 4.79 Å². The lowest BCUT2D eigenvalue weighted by molar-refractivity contribution is -0.129. The molecule has 1 amide bonds. The van der Waals surface area contributed by atoms with Gasteiger partial charge in [-0.15, -0.1) is 0 Å². The molecular weight excluding hydrogens is 245 g/mol. The number of nitrogens with zero attached hydrogens (tertiary/aromatic N) is 2. The van der Waals surface area contributed by atoms with Crippen LogP contribution in [-0.4, -0.2) is 22.8 Å². The van der Waals surface area contributed by atoms with E-state index in [2.05, 4.69) is 5.10 Å². The lowest BCUT2D eigenvalue weighted by atomic mass is 10.1. The van der Waals surface area contributed by atoms with Gasteiger partial charge in [-0.25, -0.2) is 5.01 Å². The standard InChI is InChI=1S/C12H11F3N2O/c1-8-2-4-9(5-3-8)7-17-11(18)6-10(16-17)12(13,14)15/h2-5H,6-7H2,1H3. The Balaban J connectivity index is 2.12. The molecule has 1 aromatic carbocycles. The fraction of sp³-hybridized carbons (Fsp3) is 0.333. The molecule has 0 aromatic heterocycles. The van der Waals surface area contributed by atoms with Gasteiger partial charge in [0.2, 0.25) is 5.91 Å². The van der Waals surface area contributed by atoms with E-state index in [0.29, 0.717) is 0 Å². The van der Waals surface area contributed by atoms with E-state index in [1.807, 2.05) is 19.1 Å². The predicted molar refractivity (Wildman–Crippen MR) is 59.8 cm³/mol. The van der Waals surface area contributed by atoms with Crippen molar-refractivity contribution < 1.29 is 18.0 Å². The second kappa shape index (κ2) is 4.44. The molecule has 1 heterocycles. The van der Waals surface area contributed by atoms with Gasteiger partial charge in [0.15, 0.2) is 5.71 Å². The van der Waals surface area contributed by atoms with E-state index in [4.69, 9.17) is 0 Å². The number of carbonyl (C=O) groups excluding carboxylic acids is 1. The Morgan fingerprint density at radius 3 is 2.39 bits per heavy atom. The van der Waals surface area contributed by atoms with Crippen LogP contribution in [0.1, 0.15) is 17.5 Å². The van der Waals surface area contributed by atoms with Crippen LogP contribution in [0.25, 0.3) is 0 Å². The highest BCUT2D eigenvalue weighted by molar-refractivity contribution is 6.07. The Morgan fingerprint density at radius 1 is 1.28 bits per heavy atom. The number of carbonyl (C=O) groups is 1. The summed E-state index contributed by atoms with van der Waals surface area (Å²) in [5.41, 5.74) is 0.770. The van der Waals surface area contributed by atoms with Crippen LogP contribution in [0.5, 0.6) is 0 Å². The van der Waals surface area contributed by atoms with Gasteiger partial charge in [0.25, 0.3) is 0 Å². The lowest BCUT2D eigenvalue weighted by Gasteiger charge is -2.11. The highest BCUT2D eigenvalue weighted by Gasteiger charge is 2.42. The molecule has 2 rings (SSSR count). The Morgan fingerprint density at radius 2 is 1.89 bits per heavy atom. The zero-order valence-electron chi connectivity index (χ0n) is 9.66. The van der Waals surface area contributed by atoms with Crippen molar-refractivity contribution >= 4 is 11.6 Å². The van der Waals surface area contributed by atoms with Crippen molar-refractivity contribution in [2.45, 2.75) is 26.1 Å². The number of halogens is 3. The number of aryl methyl sites for hydroxylation is 1. The molecule has 0 saturated heterocycles. The van der Waals surface area contributed by atoms with Crippen LogP contribution >= 0.6 is 0 Å². The molecule has 6 heteroatoms. The fourth-order valence-electron chi connectivity index (χ4n) is 1.62. The quantitative estimate of drug-likeness (QED) is 0.800. The summed E-state index contributed by atoms with van der Waals surface area (Å²) in [6.07, 6.45) is -5.20. The summed E-state index contributed by atoms with van der Waals surface area (Å²) in [5, 5.41) is 4.20. The maximum absolute atomic E-state index is 12.4. The second-order valence-electron chi connectivity index (χ2n) is 4.16. The van der Waals surface area contributed by atoms with Gasteiger partial charge in [-0.2, -0.15) is 18.3 Å². The van der Waals surface area contributed by atoms with Crippen LogP contribution in [0.2, 0.25) is 0 Å². The van der Waals surface area contributed by atoms with E-state index in [1.54, 1.807) is 12.1 Å². The normalized spacial score (nSPS) is 16.1. The van der Waals surface area contributed by atoms with E-state index in [9.17, 15) is 18.0 Å². The van der Waals surface area contributed by atoms with E-state index in [-0.39, 0.29) is 6.54 Å². The molecule has 96 valence electrons. The average molecular weight is 256 g/mol. The van der Waals surface area contributed by atoms with Crippen molar-refractivity contribution in [2.24, 2.45) is 5.10 Å². The monoisotopic (exact) mass is 256 g/mol. The number of hydrogen-bond donors (Lipinski definition) is 0. The molecule has 0 N–H and O–H groups in total. The summed E-state index contributed by atoms with van der Waals surface area (Å²) in [6.45, 7) is 1.98. The van der Waals surface area contributed by atoms with Gasteiger partial charge >= 0.3 is 6.18 Å². The fourth-order valence-corrected chi connectivity index (χ4v) is 1.62. The summed E-state index contributed by atoms with van der Waals surface area (Å²) >= 11 is 0. The average Bonchev–Trinajstić information content (AvgIpc) is 2.63. The van der Waals surface area contributed by atoms with Gasteiger partial charge in [-0.1, -0.05) is 29.8 Å². The first-order valence-corrected chi connectivity index (χ1v) is 5.37. The Labute approximate surface area is 102 Å². The van der Waals surface area contributed by atoms with Gasteiger partial charge in [0, 0.05) is 0 Å². The highest BCUT2D eigenvalue weighted by atomic mass is 19.4. The lowest BCUT2D eigenvalue weighted by Crippen LogP contribution is -2.22. The molecule has 0 unspecified atom stereocenters. The molecule has 1 aliphatic rings. The number of amides is 1. The first kappa shape index (κ1) is 12.6. The minimum atomic E-state index is -4.53. The topological polar surface area (TPSA) is 32.7 Å². The van der Waals surface area contributed by atoms with Crippen LogP contribution in [0.4, 0.5) is 13.2 Å². The maximum Gasteiger partial charge on any atom is 0.431 e. The minimum Gasteiger partial charge on any atom is -0.273 e. The number of rotatable bonds is 2. The van der Waals surface area contributed by atoms with Gasteiger partial charge < -0.3 is 0 Å². The number of alkyl halides is 3. The highest BCUT2D eigenvalue weighted by Crippen LogP contribution is 2.25. The summed E-state index contributed by atoms with van der Waals surface area (Å²) in [5.74, 6) is -0.622. The summed E-state index contributed by atoms with van der Waals surface area (Å²) < 4.78 is 37.2. The van der Waals surface area contributed by atoms with Crippen LogP contribution in [0.3, 0.4) is 0 Å². The molecule has 0 aliphatic carbocycles. The molecule has 0 atom stereocenters. The molecule has 0 bridgehead atoms. The van der Waals surface area contributed by atoms with Crippen molar-refractivity contribution in [1.29, 1.82) is 0 Å². The third-order valence-corrected chi connectivity index (χ3v) is 2.63. The SMILES string of the molecule is Cc1ccc(CN2N=C(C(F)(F)F)CC2=O)cc1. The van der Waals surface area contributed by atoms with Crippen molar-refractivity contribution in [3.8, 4) is 0 Å². The molecule has 1 aromatic rings. The van der Waals surface area contributed by atoms with Gasteiger partial charge in [-0.05, 0) is 12.5 Å². The van der Waals surface area contributed by atoms with Crippen LogP contribution in [-0.2, 0) is 11.3 Å². The van der Waals surface area contributed by atoms with Crippen molar-refractivity contribution in [2.75, 3.05) is 0 Å². The molecular formula is C12H11F3N2O. The molecule has 0 fully saturated rings. The van der Waals surface area contributed by atoms with Crippen molar-refractivity contribution in [3.63, 3.8) is 0 Å². The smallest absolute Gasteiger partial charge is 0.273 e. The predicted octanol–water partition coefficient (Wildman–Crippen LogP) is 2.65. The third kappa shape index (κ3) is 2.69. The van der Waals surface area contributed by atoms with Gasteiger partial charge in [0.1, 0.15) is 0 Å². The molecule has 1 aliphatic heterocycles. The van der Waals surface area contributed by atoms with Crippen molar-refractivity contribution in [3.05, 3.63) is 35.4 Å². The molecule has 3 nitrogen and oxygen atoms in total. The Bertz CT molecular complexity index is 491. The minimum absolute atomic E-state index is 0.0681.